The van der Waals surface area contributed by atoms with Crippen LogP contribution in [-0.2, 0) is 14.2 Å². The Kier molecular flexibility index (Phi) is 15.5. The van der Waals surface area contributed by atoms with E-state index in [1.807, 2.05) is 0 Å². The highest BCUT2D eigenvalue weighted by Crippen LogP contribution is 2.21. The number of ether oxygens (including phenoxy) is 3. The van der Waals surface area contributed by atoms with Crippen molar-refractivity contribution in [3.05, 3.63) is 0 Å². The fourth-order valence-corrected chi connectivity index (χ4v) is 1.85. The molecule has 0 unspecified atom stereocenters. The molecule has 0 heterocycles. The van der Waals surface area contributed by atoms with Crippen molar-refractivity contribution in [2.75, 3.05) is 21.3 Å². The molecule has 0 atom stereocenters. The van der Waals surface area contributed by atoms with Crippen LogP contribution in [0.4, 0.5) is 13.2 Å². The lowest BCUT2D eigenvalue weighted by Crippen LogP contribution is -2.35. The van der Waals surface area contributed by atoms with Crippen LogP contribution in [0.1, 0.15) is 71.6 Å². The van der Waals surface area contributed by atoms with Gasteiger partial charge in [0.05, 0.1) is 0 Å². The highest BCUT2D eigenvalue weighted by atomic mass is 19.4. The number of rotatable bonds is 11. The number of alkyl halides is 3. The van der Waals surface area contributed by atoms with Gasteiger partial charge in [-0.05, 0) is 6.42 Å². The largest absolute Gasteiger partial charge is 0.388 e. The van der Waals surface area contributed by atoms with Crippen molar-refractivity contribution in [2.24, 2.45) is 0 Å². The maximum absolute atomic E-state index is 10.8. The molecule has 3 nitrogen and oxygen atoms in total. The van der Waals surface area contributed by atoms with Crippen molar-refractivity contribution in [3.8, 4) is 0 Å². The third kappa shape index (κ3) is 14.6. The molecule has 0 saturated heterocycles. The Labute approximate surface area is 133 Å². The van der Waals surface area contributed by atoms with Gasteiger partial charge in [0.1, 0.15) is 0 Å². The minimum Gasteiger partial charge on any atom is -0.331 e. The summed E-state index contributed by atoms with van der Waals surface area (Å²) in [6.07, 6.45) is 5.08. The van der Waals surface area contributed by atoms with Gasteiger partial charge in [-0.2, -0.15) is 13.2 Å². The topological polar surface area (TPSA) is 27.7 Å². The molecule has 0 saturated carbocycles. The molecule has 0 aliphatic carbocycles. The predicted molar refractivity (Wildman–Crippen MR) is 82.7 cm³/mol. The number of halogens is 3. The molecular formula is C16H33F3O3. The lowest BCUT2D eigenvalue weighted by Gasteiger charge is -2.28. The van der Waals surface area contributed by atoms with Gasteiger partial charge >= 0.3 is 6.18 Å². The predicted octanol–water partition coefficient (Wildman–Crippen LogP) is 5.68. The number of hydrogen-bond acceptors (Lipinski definition) is 3. The van der Waals surface area contributed by atoms with Crippen LogP contribution in [0.15, 0.2) is 0 Å². The van der Waals surface area contributed by atoms with E-state index in [0.29, 0.717) is 0 Å². The molecular weight excluding hydrogens is 297 g/mol. The smallest absolute Gasteiger partial charge is 0.331 e. The Morgan fingerprint density at radius 3 is 1.36 bits per heavy atom. The molecule has 0 aromatic rings. The second kappa shape index (κ2) is 14.3. The molecule has 0 radical (unpaired) electrons. The molecule has 6 heteroatoms. The highest BCUT2D eigenvalue weighted by molar-refractivity contribution is 4.56. The zero-order valence-corrected chi connectivity index (χ0v) is 14.7. The molecule has 0 aromatic carbocycles. The van der Waals surface area contributed by atoms with Crippen LogP contribution in [0.3, 0.4) is 0 Å². The van der Waals surface area contributed by atoms with E-state index in [4.69, 9.17) is 14.2 Å². The molecule has 0 rings (SSSR count). The molecule has 0 aliphatic rings. The van der Waals surface area contributed by atoms with Gasteiger partial charge in [-0.3, -0.25) is 0 Å². The fourth-order valence-electron chi connectivity index (χ4n) is 1.85. The van der Waals surface area contributed by atoms with Crippen LogP contribution >= 0.6 is 0 Å². The summed E-state index contributed by atoms with van der Waals surface area (Å²) in [7, 11) is 4.86. The van der Waals surface area contributed by atoms with Crippen molar-refractivity contribution in [3.63, 3.8) is 0 Å². The minimum atomic E-state index is -3.96. The first-order chi connectivity index (χ1) is 10.3. The summed E-state index contributed by atoms with van der Waals surface area (Å²) in [6.45, 7) is 3.32. The van der Waals surface area contributed by atoms with Crippen LogP contribution in [0.25, 0.3) is 0 Å². The van der Waals surface area contributed by atoms with Gasteiger partial charge in [-0.15, -0.1) is 0 Å². The van der Waals surface area contributed by atoms with Crippen molar-refractivity contribution in [1.29, 1.82) is 0 Å². The first kappa shape index (κ1) is 23.9. The molecule has 0 aromatic heterocycles. The van der Waals surface area contributed by atoms with Gasteiger partial charge in [-0.1, -0.05) is 52.4 Å². The Bertz CT molecular complexity index is 221. The normalized spacial score (nSPS) is 12.0. The first-order valence-electron chi connectivity index (χ1n) is 8.03. The van der Waals surface area contributed by atoms with Gasteiger partial charge in [0, 0.05) is 34.2 Å². The van der Waals surface area contributed by atoms with Crippen LogP contribution in [0.5, 0.6) is 0 Å². The second-order valence-electron chi connectivity index (χ2n) is 5.14. The maximum atomic E-state index is 10.8. The van der Waals surface area contributed by atoms with Gasteiger partial charge in [0.25, 0.3) is 5.97 Å². The SMILES string of the molecule is CCC(F)(F)F.CCCCCCCCCC(OC)(OC)OC. The molecule has 22 heavy (non-hydrogen) atoms. The van der Waals surface area contributed by atoms with Crippen molar-refractivity contribution >= 4 is 0 Å². The molecule has 0 N–H and O–H groups in total. The van der Waals surface area contributed by atoms with E-state index in [9.17, 15) is 13.2 Å². The van der Waals surface area contributed by atoms with Crippen LogP contribution < -0.4 is 0 Å². The first-order valence-corrected chi connectivity index (χ1v) is 8.03. The fraction of sp³-hybridized carbons (Fsp3) is 1.00. The van der Waals surface area contributed by atoms with Gasteiger partial charge in [0.2, 0.25) is 0 Å². The summed E-state index contributed by atoms with van der Waals surface area (Å²) >= 11 is 0. The summed E-state index contributed by atoms with van der Waals surface area (Å²) in [5.74, 6) is -0.830. The van der Waals surface area contributed by atoms with E-state index in [2.05, 4.69) is 6.92 Å². The van der Waals surface area contributed by atoms with Crippen molar-refractivity contribution in [2.45, 2.75) is 83.8 Å². The van der Waals surface area contributed by atoms with Crippen molar-refractivity contribution < 1.29 is 27.4 Å². The summed E-state index contributed by atoms with van der Waals surface area (Å²) in [4.78, 5) is 0. The lowest BCUT2D eigenvalue weighted by atomic mass is 10.1. The lowest BCUT2D eigenvalue weighted by molar-refractivity contribution is -0.355. The van der Waals surface area contributed by atoms with E-state index in [1.165, 1.54) is 38.5 Å². The minimum absolute atomic E-state index is 0.729. The standard InChI is InChI=1S/C13H28O3.C3H5F3/c1-5-6-7-8-9-10-11-12-13(14-2,15-3)16-4;1-2-3(4,5)6/h5-12H2,1-4H3;2H2,1H3. The summed E-state index contributed by atoms with van der Waals surface area (Å²) < 4.78 is 48.1. The van der Waals surface area contributed by atoms with E-state index < -0.39 is 18.6 Å². The number of methoxy groups -OCH3 is 3. The van der Waals surface area contributed by atoms with Crippen LogP contribution in [0.2, 0.25) is 0 Å². The number of hydrogen-bond donors (Lipinski definition) is 0. The van der Waals surface area contributed by atoms with E-state index >= 15 is 0 Å². The maximum Gasteiger partial charge on any atom is 0.388 e. The molecule has 0 bridgehead atoms. The molecule has 0 amide bonds. The Hall–Kier alpha value is -0.330. The Morgan fingerprint density at radius 1 is 0.682 bits per heavy atom. The summed E-state index contributed by atoms with van der Waals surface area (Å²) in [6, 6.07) is 0. The van der Waals surface area contributed by atoms with Gasteiger partial charge < -0.3 is 14.2 Å². The summed E-state index contributed by atoms with van der Waals surface area (Å²) in [5.41, 5.74) is 0. The third-order valence-corrected chi connectivity index (χ3v) is 3.42. The molecule has 0 spiro atoms. The Balaban J connectivity index is 0. The Morgan fingerprint density at radius 2 is 1.05 bits per heavy atom. The third-order valence-electron chi connectivity index (χ3n) is 3.42. The average Bonchev–Trinajstić information content (AvgIpc) is 2.51. The van der Waals surface area contributed by atoms with E-state index in [1.54, 1.807) is 21.3 Å². The second-order valence-corrected chi connectivity index (χ2v) is 5.14. The zero-order valence-electron chi connectivity index (χ0n) is 14.7. The average molecular weight is 330 g/mol. The quantitative estimate of drug-likeness (QED) is 0.360. The summed E-state index contributed by atoms with van der Waals surface area (Å²) in [5, 5.41) is 0. The highest BCUT2D eigenvalue weighted by Gasteiger charge is 2.28. The van der Waals surface area contributed by atoms with Crippen LogP contribution in [-0.4, -0.2) is 33.5 Å². The van der Waals surface area contributed by atoms with Crippen molar-refractivity contribution in [1.82, 2.24) is 0 Å². The zero-order chi connectivity index (χ0) is 17.5. The molecule has 136 valence electrons. The molecule has 0 fully saturated rings. The van der Waals surface area contributed by atoms with Gasteiger partial charge in [0.15, 0.2) is 0 Å². The van der Waals surface area contributed by atoms with Gasteiger partial charge in [-0.25, -0.2) is 0 Å². The van der Waals surface area contributed by atoms with Crippen LogP contribution in [0, 0.1) is 0 Å². The molecule has 0 aliphatic heterocycles. The monoisotopic (exact) mass is 330 g/mol. The van der Waals surface area contributed by atoms with E-state index in [0.717, 1.165) is 19.8 Å². The van der Waals surface area contributed by atoms with E-state index in [-0.39, 0.29) is 0 Å². The number of unbranched alkanes of at least 4 members (excludes halogenated alkanes) is 6.